The Labute approximate surface area is 200 Å². The number of rotatable bonds is 9. The minimum Gasteiger partial charge on any atom is -0.481 e. The highest BCUT2D eigenvalue weighted by molar-refractivity contribution is 5.95. The highest BCUT2D eigenvalue weighted by atomic mass is 16.5. The van der Waals surface area contributed by atoms with Gasteiger partial charge in [0.05, 0.1) is 29.9 Å². The maximum atomic E-state index is 13.6. The first kappa shape index (κ1) is 24.9. The van der Waals surface area contributed by atoms with Crippen LogP contribution in [0.1, 0.15) is 65.7 Å². The molecule has 1 aliphatic heterocycles. The first-order valence-electron chi connectivity index (χ1n) is 12.4. The first-order valence-corrected chi connectivity index (χ1v) is 12.4. The lowest BCUT2D eigenvalue weighted by Gasteiger charge is -2.35. The molecule has 3 saturated carbocycles. The largest absolute Gasteiger partial charge is 0.481 e. The summed E-state index contributed by atoms with van der Waals surface area (Å²) in [6.07, 6.45) is 3.78. The van der Waals surface area contributed by atoms with Crippen molar-refractivity contribution in [3.8, 4) is 0 Å². The summed E-state index contributed by atoms with van der Waals surface area (Å²) in [5.41, 5.74) is -1.74. The molecule has 0 bridgehead atoms. The van der Waals surface area contributed by atoms with Crippen LogP contribution in [0.3, 0.4) is 0 Å². The van der Waals surface area contributed by atoms with E-state index < -0.39 is 40.8 Å². The van der Waals surface area contributed by atoms with Gasteiger partial charge in [-0.1, -0.05) is 26.8 Å². The lowest BCUT2D eigenvalue weighted by molar-refractivity contribution is -0.157. The number of likely N-dealkylation sites (tertiary alicyclic amines) is 1. The predicted molar refractivity (Wildman–Crippen MR) is 122 cm³/mol. The standard InChI is InChI=1S/C26H37NO7/c1-5-16-11-26(16,24(32)33)12-21(29)20-9-17(28)13-27(20)23(31)19(25(2,3)4)10-22(30)34-18-7-14-6-15(14)8-18/h5,14-20,28H,1,6-13H2,2-4H3,(H,32,33)/t14-,15+,16-,17-,18?,19-,20+,26-/m1/s1. The number of carboxylic acids is 1. The van der Waals surface area contributed by atoms with Gasteiger partial charge in [0.25, 0.3) is 0 Å². The van der Waals surface area contributed by atoms with Gasteiger partial charge in [0.15, 0.2) is 5.78 Å². The van der Waals surface area contributed by atoms with E-state index in [0.29, 0.717) is 18.3 Å². The van der Waals surface area contributed by atoms with Gasteiger partial charge in [-0.25, -0.2) is 0 Å². The fourth-order valence-corrected chi connectivity index (χ4v) is 6.08. The van der Waals surface area contributed by atoms with Gasteiger partial charge < -0.3 is 19.8 Å². The summed E-state index contributed by atoms with van der Waals surface area (Å²) in [5, 5.41) is 20.0. The third-order valence-electron chi connectivity index (χ3n) is 8.48. The molecule has 0 spiro atoms. The van der Waals surface area contributed by atoms with Gasteiger partial charge >= 0.3 is 11.9 Å². The van der Waals surface area contributed by atoms with Crippen molar-refractivity contribution in [2.45, 2.75) is 84.0 Å². The van der Waals surface area contributed by atoms with Crippen molar-refractivity contribution in [2.75, 3.05) is 6.54 Å². The number of aliphatic carboxylic acids is 1. The van der Waals surface area contributed by atoms with Crippen molar-refractivity contribution in [3.63, 3.8) is 0 Å². The van der Waals surface area contributed by atoms with Crippen LogP contribution in [0.25, 0.3) is 0 Å². The lowest BCUT2D eigenvalue weighted by atomic mass is 9.77. The van der Waals surface area contributed by atoms with Crippen molar-refractivity contribution in [1.82, 2.24) is 4.90 Å². The van der Waals surface area contributed by atoms with Gasteiger partial charge in [-0.15, -0.1) is 6.58 Å². The van der Waals surface area contributed by atoms with Crippen molar-refractivity contribution in [3.05, 3.63) is 12.7 Å². The SMILES string of the molecule is C=C[C@@H]1C[C@]1(CC(=O)[C@@H]1C[C@@H](O)CN1C(=O)[C@@H](CC(=O)OC1C[C@@H]2C[C@@H]2C1)C(C)(C)C)C(=O)O. The normalized spacial score (nSPS) is 37.0. The molecule has 2 N–H and O–H groups in total. The van der Waals surface area contributed by atoms with E-state index in [0.717, 1.165) is 12.8 Å². The maximum absolute atomic E-state index is 13.6. The van der Waals surface area contributed by atoms with Crippen LogP contribution in [-0.4, -0.2) is 63.5 Å². The zero-order chi connectivity index (χ0) is 25.0. The van der Waals surface area contributed by atoms with Crippen LogP contribution in [0.15, 0.2) is 12.7 Å². The summed E-state index contributed by atoms with van der Waals surface area (Å²) in [6, 6.07) is -0.896. The van der Waals surface area contributed by atoms with Crippen LogP contribution in [0.5, 0.6) is 0 Å². The number of amides is 1. The Morgan fingerprint density at radius 3 is 2.32 bits per heavy atom. The summed E-state index contributed by atoms with van der Waals surface area (Å²) < 4.78 is 5.67. The monoisotopic (exact) mass is 475 g/mol. The number of ether oxygens (including phenoxy) is 1. The predicted octanol–water partition coefficient (Wildman–Crippen LogP) is 2.58. The molecule has 0 aromatic heterocycles. The molecule has 34 heavy (non-hydrogen) atoms. The quantitative estimate of drug-likeness (QED) is 0.388. The molecule has 1 saturated heterocycles. The molecule has 0 radical (unpaired) electrons. The number of Topliss-reactive ketones (excluding diaryl/α,β-unsaturated/α-hetero) is 1. The van der Waals surface area contributed by atoms with Gasteiger partial charge in [-0.2, -0.15) is 0 Å². The second-order valence-corrected chi connectivity index (χ2v) is 12.0. The van der Waals surface area contributed by atoms with E-state index in [1.807, 2.05) is 20.8 Å². The van der Waals surface area contributed by atoms with Crippen molar-refractivity contribution < 1.29 is 34.1 Å². The molecule has 0 aromatic rings. The number of carboxylic acid groups (broad SMARTS) is 1. The number of hydrogen-bond donors (Lipinski definition) is 2. The third kappa shape index (κ3) is 4.79. The Kier molecular flexibility index (Phi) is 6.42. The first-order chi connectivity index (χ1) is 15.9. The fraction of sp³-hybridized carbons (Fsp3) is 0.769. The number of fused-ring (bicyclic) bond motifs is 1. The van der Waals surface area contributed by atoms with Crippen molar-refractivity contribution >= 4 is 23.6 Å². The molecule has 8 atom stereocenters. The van der Waals surface area contributed by atoms with E-state index in [1.165, 1.54) is 11.3 Å². The Morgan fingerprint density at radius 1 is 1.15 bits per heavy atom. The topological polar surface area (TPSA) is 121 Å². The van der Waals surface area contributed by atoms with Crippen LogP contribution in [0, 0.1) is 34.5 Å². The lowest BCUT2D eigenvalue weighted by Crippen LogP contribution is -2.48. The molecule has 188 valence electrons. The Bertz CT molecular complexity index is 882. The number of β-amino-alcohol motifs (C(OH)–C–C–N with tert-alkyl or cyclic N) is 1. The Balaban J connectivity index is 1.44. The summed E-state index contributed by atoms with van der Waals surface area (Å²) >= 11 is 0. The second-order valence-electron chi connectivity index (χ2n) is 12.0. The maximum Gasteiger partial charge on any atom is 0.310 e. The summed E-state index contributed by atoms with van der Waals surface area (Å²) in [7, 11) is 0. The molecule has 4 aliphatic rings. The van der Waals surface area contributed by atoms with E-state index in [-0.39, 0.29) is 49.5 Å². The molecule has 1 heterocycles. The van der Waals surface area contributed by atoms with Crippen LogP contribution >= 0.6 is 0 Å². The number of hydrogen-bond acceptors (Lipinski definition) is 6. The van der Waals surface area contributed by atoms with Gasteiger partial charge in [-0.3, -0.25) is 19.2 Å². The van der Waals surface area contributed by atoms with E-state index in [9.17, 15) is 29.4 Å². The molecular formula is C26H37NO7. The third-order valence-corrected chi connectivity index (χ3v) is 8.48. The Morgan fingerprint density at radius 2 is 1.79 bits per heavy atom. The number of ketones is 1. The number of aliphatic hydroxyl groups excluding tert-OH is 1. The zero-order valence-electron chi connectivity index (χ0n) is 20.4. The van der Waals surface area contributed by atoms with Crippen LogP contribution < -0.4 is 0 Å². The van der Waals surface area contributed by atoms with Gasteiger partial charge in [0.1, 0.15) is 6.10 Å². The van der Waals surface area contributed by atoms with Crippen molar-refractivity contribution in [1.29, 1.82) is 0 Å². The molecule has 4 rings (SSSR count). The Hall–Kier alpha value is -2.22. The number of allylic oxidation sites excluding steroid dienone is 1. The van der Waals surface area contributed by atoms with Crippen molar-refractivity contribution in [2.24, 2.45) is 34.5 Å². The second kappa shape index (κ2) is 8.77. The highest BCUT2D eigenvalue weighted by Crippen LogP contribution is 2.56. The number of esters is 1. The highest BCUT2D eigenvalue weighted by Gasteiger charge is 2.61. The molecule has 8 nitrogen and oxygen atoms in total. The summed E-state index contributed by atoms with van der Waals surface area (Å²) in [4.78, 5) is 52.8. The number of carbonyl (C=O) groups is 4. The molecule has 1 unspecified atom stereocenters. The zero-order valence-corrected chi connectivity index (χ0v) is 20.4. The van der Waals surface area contributed by atoms with E-state index >= 15 is 0 Å². The molecule has 3 aliphatic carbocycles. The average Bonchev–Trinajstić information content (AvgIpc) is 3.56. The molecule has 1 amide bonds. The van der Waals surface area contributed by atoms with Gasteiger partial charge in [0, 0.05) is 19.4 Å². The molecule has 0 aromatic carbocycles. The molecule has 8 heteroatoms. The van der Waals surface area contributed by atoms with E-state index in [1.54, 1.807) is 6.08 Å². The van der Waals surface area contributed by atoms with E-state index in [2.05, 4.69) is 6.58 Å². The molecular weight excluding hydrogens is 438 g/mol. The van der Waals surface area contributed by atoms with Gasteiger partial charge in [-0.05, 0) is 48.9 Å². The molecule has 4 fully saturated rings. The fourth-order valence-electron chi connectivity index (χ4n) is 6.08. The van der Waals surface area contributed by atoms with E-state index in [4.69, 9.17) is 4.74 Å². The van der Waals surface area contributed by atoms with Crippen LogP contribution in [0.2, 0.25) is 0 Å². The average molecular weight is 476 g/mol. The minimum atomic E-state index is -1.17. The minimum absolute atomic E-state index is 0.00614. The smallest absolute Gasteiger partial charge is 0.310 e. The summed E-state index contributed by atoms with van der Waals surface area (Å²) in [6.45, 7) is 9.26. The number of aliphatic hydroxyl groups is 1. The van der Waals surface area contributed by atoms with Crippen LogP contribution in [0.4, 0.5) is 0 Å². The summed E-state index contributed by atoms with van der Waals surface area (Å²) in [5.74, 6) is -1.81. The van der Waals surface area contributed by atoms with Crippen LogP contribution in [-0.2, 0) is 23.9 Å². The number of carbonyl (C=O) groups excluding carboxylic acids is 3. The van der Waals surface area contributed by atoms with Gasteiger partial charge in [0.2, 0.25) is 5.91 Å². The number of nitrogens with zero attached hydrogens (tertiary/aromatic N) is 1.